The zero-order valence-corrected chi connectivity index (χ0v) is 16.9. The minimum atomic E-state index is -2.86. The van der Waals surface area contributed by atoms with E-state index in [1.54, 1.807) is 10.7 Å². The van der Waals surface area contributed by atoms with Gasteiger partial charge in [-0.1, -0.05) is 30.3 Å². The first kappa shape index (κ1) is 18.8. The van der Waals surface area contributed by atoms with Crippen LogP contribution in [-0.2, 0) is 16.4 Å². The molecule has 1 aromatic carbocycles. The van der Waals surface area contributed by atoms with E-state index < -0.39 is 9.84 Å². The number of sulfone groups is 1. The van der Waals surface area contributed by atoms with Crippen LogP contribution >= 0.6 is 0 Å². The van der Waals surface area contributed by atoms with E-state index in [9.17, 15) is 8.42 Å². The summed E-state index contributed by atoms with van der Waals surface area (Å²) in [5.74, 6) is 0.883. The Morgan fingerprint density at radius 1 is 1.07 bits per heavy atom. The fourth-order valence-corrected chi connectivity index (χ4v) is 4.78. The first-order valence-electron chi connectivity index (χ1n) is 9.60. The van der Waals surface area contributed by atoms with Crippen LogP contribution in [0.1, 0.15) is 5.56 Å². The first-order chi connectivity index (χ1) is 14.6. The molecule has 1 fully saturated rings. The fourth-order valence-electron chi connectivity index (χ4n) is 3.50. The maximum absolute atomic E-state index is 11.6. The van der Waals surface area contributed by atoms with Gasteiger partial charge in [-0.3, -0.25) is 10.2 Å². The van der Waals surface area contributed by atoms with Gasteiger partial charge in [0.1, 0.15) is 6.26 Å². The number of fused-ring (bicyclic) bond motifs is 1. The van der Waals surface area contributed by atoms with Gasteiger partial charge in [-0.2, -0.15) is 4.98 Å². The zero-order valence-electron chi connectivity index (χ0n) is 16.1. The van der Waals surface area contributed by atoms with Gasteiger partial charge in [0, 0.05) is 25.2 Å². The summed E-state index contributed by atoms with van der Waals surface area (Å²) in [4.78, 5) is 10.7. The molecule has 0 saturated carbocycles. The monoisotopic (exact) mass is 424 g/mol. The van der Waals surface area contributed by atoms with E-state index in [2.05, 4.69) is 37.4 Å². The van der Waals surface area contributed by atoms with Crippen molar-refractivity contribution in [3.8, 4) is 11.3 Å². The van der Waals surface area contributed by atoms with Gasteiger partial charge in [0.2, 0.25) is 0 Å². The maximum atomic E-state index is 11.6. The van der Waals surface area contributed by atoms with Gasteiger partial charge in [0.05, 0.1) is 23.4 Å². The molecule has 0 spiro atoms. The third kappa shape index (κ3) is 3.91. The second kappa shape index (κ2) is 7.54. The third-order valence-electron chi connectivity index (χ3n) is 5.10. The molecule has 0 radical (unpaired) electrons. The summed E-state index contributed by atoms with van der Waals surface area (Å²) in [7, 11) is -2.86. The van der Waals surface area contributed by atoms with E-state index in [1.165, 1.54) is 6.26 Å². The van der Waals surface area contributed by atoms with Crippen molar-refractivity contribution in [2.24, 2.45) is 0 Å². The van der Waals surface area contributed by atoms with Crippen LogP contribution < -0.4 is 5.32 Å². The molecule has 3 aromatic heterocycles. The predicted molar refractivity (Wildman–Crippen MR) is 112 cm³/mol. The molecule has 4 aromatic rings. The van der Waals surface area contributed by atoms with E-state index >= 15 is 0 Å². The average molecular weight is 424 g/mol. The molecular weight excluding hydrogens is 404 g/mol. The number of nitrogens with one attached hydrogen (secondary N) is 1. The van der Waals surface area contributed by atoms with E-state index in [0.717, 1.165) is 23.4 Å². The number of oxazole rings is 1. The molecule has 0 amide bonds. The number of anilines is 2. The van der Waals surface area contributed by atoms with Crippen molar-refractivity contribution in [1.29, 1.82) is 0 Å². The SMILES string of the molecule is O=S1(=O)CCN(Cc2ccc(-c3cccc4nc(Nc5ncco5)nn34)cc2)CC1. The molecule has 5 rings (SSSR count). The maximum Gasteiger partial charge on any atom is 0.301 e. The van der Waals surface area contributed by atoms with Crippen molar-refractivity contribution in [3.05, 3.63) is 60.5 Å². The second-order valence-corrected chi connectivity index (χ2v) is 9.51. The van der Waals surface area contributed by atoms with E-state index in [-0.39, 0.29) is 11.5 Å². The van der Waals surface area contributed by atoms with Gasteiger partial charge < -0.3 is 4.42 Å². The zero-order chi connectivity index (χ0) is 20.6. The lowest BCUT2D eigenvalue weighted by atomic mass is 10.1. The van der Waals surface area contributed by atoms with Crippen molar-refractivity contribution in [2.45, 2.75) is 6.54 Å². The molecular formula is C20H20N6O3S. The van der Waals surface area contributed by atoms with Crippen LogP contribution in [-0.4, -0.2) is 57.5 Å². The first-order valence-corrected chi connectivity index (χ1v) is 11.4. The molecule has 9 nitrogen and oxygen atoms in total. The summed E-state index contributed by atoms with van der Waals surface area (Å²) >= 11 is 0. The van der Waals surface area contributed by atoms with Gasteiger partial charge in [0.25, 0.3) is 5.95 Å². The lowest BCUT2D eigenvalue weighted by Gasteiger charge is -2.26. The van der Waals surface area contributed by atoms with E-state index in [0.29, 0.717) is 30.7 Å². The van der Waals surface area contributed by atoms with Crippen LogP contribution in [0.25, 0.3) is 16.9 Å². The molecule has 1 N–H and O–H groups in total. The molecule has 0 aliphatic carbocycles. The molecule has 1 saturated heterocycles. The van der Waals surface area contributed by atoms with Crippen molar-refractivity contribution in [2.75, 3.05) is 29.9 Å². The lowest BCUT2D eigenvalue weighted by Crippen LogP contribution is -2.39. The number of hydrogen-bond donors (Lipinski definition) is 1. The number of rotatable bonds is 5. The highest BCUT2D eigenvalue weighted by Crippen LogP contribution is 2.23. The van der Waals surface area contributed by atoms with Gasteiger partial charge in [-0.25, -0.2) is 17.9 Å². The predicted octanol–water partition coefficient (Wildman–Crippen LogP) is 2.36. The van der Waals surface area contributed by atoms with Crippen molar-refractivity contribution in [3.63, 3.8) is 0 Å². The summed E-state index contributed by atoms with van der Waals surface area (Å²) in [6, 6.07) is 14.4. The number of nitrogens with zero attached hydrogens (tertiary/aromatic N) is 5. The minimum absolute atomic E-state index is 0.239. The molecule has 0 bridgehead atoms. The summed E-state index contributed by atoms with van der Waals surface area (Å²) in [6.07, 6.45) is 3.03. The second-order valence-electron chi connectivity index (χ2n) is 7.20. The smallest absolute Gasteiger partial charge is 0.301 e. The Kier molecular flexibility index (Phi) is 4.72. The molecule has 1 aliphatic heterocycles. The number of hydrogen-bond acceptors (Lipinski definition) is 8. The topological polar surface area (TPSA) is 106 Å². The quantitative estimate of drug-likeness (QED) is 0.520. The molecule has 30 heavy (non-hydrogen) atoms. The Morgan fingerprint density at radius 3 is 2.60 bits per heavy atom. The third-order valence-corrected chi connectivity index (χ3v) is 6.71. The largest absolute Gasteiger partial charge is 0.432 e. The van der Waals surface area contributed by atoms with Crippen LogP contribution in [0.2, 0.25) is 0 Å². The van der Waals surface area contributed by atoms with Crippen molar-refractivity contribution in [1.82, 2.24) is 24.5 Å². The summed E-state index contributed by atoms with van der Waals surface area (Å²) < 4.78 is 30.1. The van der Waals surface area contributed by atoms with Gasteiger partial charge in [0.15, 0.2) is 15.5 Å². The Bertz CT molecular complexity index is 1250. The molecule has 1 aliphatic rings. The number of pyridine rings is 1. The van der Waals surface area contributed by atoms with Crippen molar-refractivity contribution < 1.29 is 12.8 Å². The Balaban J connectivity index is 1.35. The highest BCUT2D eigenvalue weighted by Gasteiger charge is 2.21. The highest BCUT2D eigenvalue weighted by molar-refractivity contribution is 7.91. The fraction of sp³-hybridized carbons (Fsp3) is 0.250. The lowest BCUT2D eigenvalue weighted by molar-refractivity contribution is 0.287. The van der Waals surface area contributed by atoms with Crippen LogP contribution in [0.4, 0.5) is 12.0 Å². The van der Waals surface area contributed by atoms with Crippen LogP contribution in [0.3, 0.4) is 0 Å². The Hall–Kier alpha value is -3.24. The van der Waals surface area contributed by atoms with Crippen LogP contribution in [0.5, 0.6) is 0 Å². The van der Waals surface area contributed by atoms with Gasteiger partial charge >= 0.3 is 6.01 Å². The van der Waals surface area contributed by atoms with Crippen LogP contribution in [0.15, 0.2) is 59.3 Å². The van der Waals surface area contributed by atoms with E-state index in [1.807, 2.05) is 30.3 Å². The normalized spacial score (nSPS) is 16.7. The molecule has 154 valence electrons. The Labute approximate surface area is 173 Å². The van der Waals surface area contributed by atoms with Gasteiger partial charge in [-0.15, -0.1) is 5.10 Å². The highest BCUT2D eigenvalue weighted by atomic mass is 32.2. The molecule has 4 heterocycles. The van der Waals surface area contributed by atoms with E-state index in [4.69, 9.17) is 4.42 Å². The Morgan fingerprint density at radius 2 is 1.87 bits per heavy atom. The molecule has 0 unspecified atom stereocenters. The molecule has 0 atom stereocenters. The molecule has 10 heteroatoms. The average Bonchev–Trinajstić information content (AvgIpc) is 3.39. The van der Waals surface area contributed by atoms with Crippen molar-refractivity contribution >= 4 is 27.4 Å². The standard InChI is InChI=1S/C20H20N6O3S/c27-30(28)12-9-25(10-13-30)14-15-4-6-16(7-5-15)17-2-1-3-18-22-19(24-26(17)18)23-20-21-8-11-29-20/h1-8,11H,9-10,12-14H2,(H,21,23,24). The number of benzene rings is 1. The van der Waals surface area contributed by atoms with Crippen LogP contribution in [0, 0.1) is 0 Å². The number of aromatic nitrogens is 4. The summed E-state index contributed by atoms with van der Waals surface area (Å²) in [6.45, 7) is 1.92. The van der Waals surface area contributed by atoms with Gasteiger partial charge in [-0.05, 0) is 17.7 Å². The summed E-state index contributed by atoms with van der Waals surface area (Å²) in [5.41, 5.74) is 3.78. The summed E-state index contributed by atoms with van der Waals surface area (Å²) in [5, 5.41) is 7.47. The minimum Gasteiger partial charge on any atom is -0.432 e.